The molecule has 0 bridgehead atoms. The molecule has 2 saturated heterocycles. The van der Waals surface area contributed by atoms with Crippen molar-refractivity contribution in [2.24, 2.45) is 5.92 Å². The molecule has 7 heteroatoms. The van der Waals surface area contributed by atoms with Gasteiger partial charge in [0.2, 0.25) is 5.91 Å². The van der Waals surface area contributed by atoms with Crippen LogP contribution in [-0.2, 0) is 9.53 Å². The number of rotatable bonds is 4. The summed E-state index contributed by atoms with van der Waals surface area (Å²) >= 11 is 0. The molecule has 2 amide bonds. The lowest BCUT2D eigenvalue weighted by Crippen LogP contribution is -2.57. The van der Waals surface area contributed by atoms with E-state index in [2.05, 4.69) is 29.4 Å². The molecule has 1 spiro atoms. The quantitative estimate of drug-likeness (QED) is 0.843. The molecule has 144 valence electrons. The molecule has 0 aliphatic carbocycles. The van der Waals surface area contributed by atoms with E-state index in [1.54, 1.807) is 13.0 Å². The first kappa shape index (κ1) is 18.9. The van der Waals surface area contributed by atoms with Crippen LogP contribution in [0.15, 0.2) is 16.7 Å². The van der Waals surface area contributed by atoms with Gasteiger partial charge in [0.05, 0.1) is 17.4 Å². The van der Waals surface area contributed by atoms with Crippen LogP contribution in [0.2, 0.25) is 0 Å². The SMILES string of the molecule is Cc1occc1C(=O)NC1CN(CC(C)C)CC2(CCOCC2)NC1=O. The second kappa shape index (κ2) is 7.80. The molecule has 1 aromatic heterocycles. The van der Waals surface area contributed by atoms with E-state index in [1.807, 2.05) is 0 Å². The molecule has 1 atom stereocenters. The minimum Gasteiger partial charge on any atom is -0.469 e. The first-order valence-corrected chi connectivity index (χ1v) is 9.36. The Labute approximate surface area is 154 Å². The Bertz CT molecular complexity index is 649. The van der Waals surface area contributed by atoms with Crippen LogP contribution in [0.25, 0.3) is 0 Å². The third-order valence-electron chi connectivity index (χ3n) is 5.15. The second-order valence-corrected chi connectivity index (χ2v) is 7.89. The number of furan rings is 1. The highest BCUT2D eigenvalue weighted by Gasteiger charge is 2.41. The third kappa shape index (κ3) is 4.27. The summed E-state index contributed by atoms with van der Waals surface area (Å²) in [6.45, 7) is 9.56. The highest BCUT2D eigenvalue weighted by atomic mass is 16.5. The Morgan fingerprint density at radius 1 is 1.42 bits per heavy atom. The van der Waals surface area contributed by atoms with Crippen molar-refractivity contribution in [2.45, 2.75) is 45.2 Å². The molecule has 0 saturated carbocycles. The molecular formula is C19H29N3O4. The van der Waals surface area contributed by atoms with Crippen molar-refractivity contribution in [3.8, 4) is 0 Å². The van der Waals surface area contributed by atoms with E-state index in [9.17, 15) is 9.59 Å². The average molecular weight is 363 g/mol. The maximum absolute atomic E-state index is 12.9. The van der Waals surface area contributed by atoms with E-state index >= 15 is 0 Å². The summed E-state index contributed by atoms with van der Waals surface area (Å²) in [5.41, 5.74) is 0.202. The molecule has 0 aromatic carbocycles. The van der Waals surface area contributed by atoms with Gasteiger partial charge in [-0.3, -0.25) is 14.5 Å². The van der Waals surface area contributed by atoms with Gasteiger partial charge in [-0.25, -0.2) is 0 Å². The Morgan fingerprint density at radius 2 is 2.15 bits per heavy atom. The zero-order valence-corrected chi connectivity index (χ0v) is 15.8. The Morgan fingerprint density at radius 3 is 2.77 bits per heavy atom. The standard InChI is InChI=1S/C19H29N3O4/c1-13(2)10-22-11-16(20-17(23)15-4-7-26-14(15)3)18(24)21-19(12-22)5-8-25-9-6-19/h4,7,13,16H,5-6,8-12H2,1-3H3,(H,20,23)(H,21,24). The average Bonchev–Trinajstić information content (AvgIpc) is 2.95. The Hall–Kier alpha value is -1.86. The summed E-state index contributed by atoms with van der Waals surface area (Å²) in [7, 11) is 0. The molecule has 0 radical (unpaired) electrons. The highest BCUT2D eigenvalue weighted by molar-refractivity contribution is 5.98. The zero-order chi connectivity index (χ0) is 18.7. The third-order valence-corrected chi connectivity index (χ3v) is 5.15. The van der Waals surface area contributed by atoms with Crippen LogP contribution < -0.4 is 10.6 Å². The number of nitrogens with one attached hydrogen (secondary N) is 2. The van der Waals surface area contributed by atoms with E-state index in [1.165, 1.54) is 6.26 Å². The lowest BCUT2D eigenvalue weighted by Gasteiger charge is -2.39. The molecular weight excluding hydrogens is 334 g/mol. The summed E-state index contributed by atoms with van der Waals surface area (Å²) < 4.78 is 10.7. The normalized spacial score (nSPS) is 23.7. The van der Waals surface area contributed by atoms with Crippen molar-refractivity contribution in [1.82, 2.24) is 15.5 Å². The van der Waals surface area contributed by atoms with Crippen LogP contribution >= 0.6 is 0 Å². The molecule has 1 aromatic rings. The number of nitrogens with zero attached hydrogens (tertiary/aromatic N) is 1. The maximum Gasteiger partial charge on any atom is 0.255 e. The van der Waals surface area contributed by atoms with Crippen molar-refractivity contribution in [2.75, 3.05) is 32.8 Å². The minimum atomic E-state index is -0.585. The summed E-state index contributed by atoms with van der Waals surface area (Å²) in [6.07, 6.45) is 3.09. The fourth-order valence-electron chi connectivity index (χ4n) is 3.89. The number of hydrogen-bond donors (Lipinski definition) is 2. The first-order chi connectivity index (χ1) is 12.4. The molecule has 2 aliphatic rings. The molecule has 2 aliphatic heterocycles. The van der Waals surface area contributed by atoms with Gasteiger partial charge in [0, 0.05) is 32.8 Å². The van der Waals surface area contributed by atoms with Gasteiger partial charge in [0.1, 0.15) is 11.8 Å². The second-order valence-electron chi connectivity index (χ2n) is 7.89. The van der Waals surface area contributed by atoms with E-state index < -0.39 is 6.04 Å². The molecule has 1 unspecified atom stereocenters. The van der Waals surface area contributed by atoms with Gasteiger partial charge >= 0.3 is 0 Å². The van der Waals surface area contributed by atoms with Gasteiger partial charge in [0.25, 0.3) is 5.91 Å². The van der Waals surface area contributed by atoms with Crippen LogP contribution in [0, 0.1) is 12.8 Å². The fourth-order valence-corrected chi connectivity index (χ4v) is 3.89. The Balaban J connectivity index is 1.77. The van der Waals surface area contributed by atoms with E-state index in [0.29, 0.717) is 37.0 Å². The molecule has 3 heterocycles. The molecule has 7 nitrogen and oxygen atoms in total. The maximum atomic E-state index is 12.9. The summed E-state index contributed by atoms with van der Waals surface area (Å²) in [6, 6.07) is 1.04. The van der Waals surface area contributed by atoms with E-state index in [-0.39, 0.29) is 17.4 Å². The molecule has 2 N–H and O–H groups in total. The number of carbonyl (C=O) groups excluding carboxylic acids is 2. The monoisotopic (exact) mass is 363 g/mol. The summed E-state index contributed by atoms with van der Waals surface area (Å²) in [5, 5.41) is 6.11. The number of hydrogen-bond acceptors (Lipinski definition) is 5. The van der Waals surface area contributed by atoms with Crippen LogP contribution in [0.1, 0.15) is 42.8 Å². The predicted octanol–water partition coefficient (Wildman–Crippen LogP) is 1.32. The van der Waals surface area contributed by atoms with E-state index in [0.717, 1.165) is 25.9 Å². The lowest BCUT2D eigenvalue weighted by atomic mass is 9.89. The van der Waals surface area contributed by atoms with E-state index in [4.69, 9.17) is 9.15 Å². The number of carbonyl (C=O) groups is 2. The largest absolute Gasteiger partial charge is 0.469 e. The lowest BCUT2D eigenvalue weighted by molar-refractivity contribution is -0.125. The smallest absolute Gasteiger partial charge is 0.255 e. The number of ether oxygens (including phenoxy) is 1. The van der Waals surface area contributed by atoms with Crippen molar-refractivity contribution in [3.05, 3.63) is 23.7 Å². The van der Waals surface area contributed by atoms with Crippen LogP contribution in [0.3, 0.4) is 0 Å². The van der Waals surface area contributed by atoms with Crippen molar-refractivity contribution in [1.29, 1.82) is 0 Å². The van der Waals surface area contributed by atoms with Gasteiger partial charge < -0.3 is 19.8 Å². The van der Waals surface area contributed by atoms with Crippen LogP contribution in [0.4, 0.5) is 0 Å². The van der Waals surface area contributed by atoms with Crippen LogP contribution in [-0.4, -0.2) is 61.1 Å². The molecule has 2 fully saturated rings. The predicted molar refractivity (Wildman–Crippen MR) is 96.9 cm³/mol. The van der Waals surface area contributed by atoms with Gasteiger partial charge in [-0.1, -0.05) is 13.8 Å². The minimum absolute atomic E-state index is 0.118. The number of aryl methyl sites for hydroxylation is 1. The fraction of sp³-hybridized carbons (Fsp3) is 0.684. The topological polar surface area (TPSA) is 83.8 Å². The summed E-state index contributed by atoms with van der Waals surface area (Å²) in [5.74, 6) is 0.639. The Kier molecular flexibility index (Phi) is 5.67. The van der Waals surface area contributed by atoms with Gasteiger partial charge in [0.15, 0.2) is 0 Å². The number of amides is 2. The zero-order valence-electron chi connectivity index (χ0n) is 15.8. The molecule has 26 heavy (non-hydrogen) atoms. The molecule has 3 rings (SSSR count). The van der Waals surface area contributed by atoms with Gasteiger partial charge in [-0.05, 0) is 31.7 Å². The highest BCUT2D eigenvalue weighted by Crippen LogP contribution is 2.25. The van der Waals surface area contributed by atoms with Crippen molar-refractivity contribution >= 4 is 11.8 Å². The summed E-state index contributed by atoms with van der Waals surface area (Å²) in [4.78, 5) is 27.7. The first-order valence-electron chi connectivity index (χ1n) is 9.36. The van der Waals surface area contributed by atoms with Crippen LogP contribution in [0.5, 0.6) is 0 Å². The van der Waals surface area contributed by atoms with Crippen molar-refractivity contribution < 1.29 is 18.7 Å². The van der Waals surface area contributed by atoms with Crippen molar-refractivity contribution in [3.63, 3.8) is 0 Å². The van der Waals surface area contributed by atoms with Gasteiger partial charge in [-0.2, -0.15) is 0 Å². The van der Waals surface area contributed by atoms with Gasteiger partial charge in [-0.15, -0.1) is 0 Å².